The van der Waals surface area contributed by atoms with Gasteiger partial charge in [-0.15, -0.1) is 11.8 Å². The fraction of sp³-hybridized carbons (Fsp3) is 0.222. The third kappa shape index (κ3) is 2.34. The van der Waals surface area contributed by atoms with E-state index in [0.717, 1.165) is 11.2 Å². The smallest absolute Gasteiger partial charge is 0.130 e. The summed E-state index contributed by atoms with van der Waals surface area (Å²) in [7, 11) is 0. The van der Waals surface area contributed by atoms with Gasteiger partial charge >= 0.3 is 0 Å². The van der Waals surface area contributed by atoms with Crippen LogP contribution in [0.15, 0.2) is 23.1 Å². The molecule has 1 aromatic rings. The molecular formula is C9H9FOS. The minimum Gasteiger partial charge on any atom is -0.302 e. The van der Waals surface area contributed by atoms with Crippen LogP contribution >= 0.6 is 11.8 Å². The second-order valence-corrected chi connectivity index (χ2v) is 3.48. The van der Waals surface area contributed by atoms with Gasteiger partial charge in [-0.1, -0.05) is 0 Å². The maximum atomic E-state index is 12.7. The molecule has 64 valence electrons. The predicted molar refractivity (Wildman–Crippen MR) is 47.9 cm³/mol. The summed E-state index contributed by atoms with van der Waals surface area (Å²) >= 11 is 1.41. The Kier molecular flexibility index (Phi) is 3.29. The molecule has 0 aliphatic carbocycles. The van der Waals surface area contributed by atoms with E-state index in [1.54, 1.807) is 19.1 Å². The Balaban J connectivity index is 2.75. The summed E-state index contributed by atoms with van der Waals surface area (Å²) in [5.41, 5.74) is 0.617. The molecule has 0 aromatic heterocycles. The van der Waals surface area contributed by atoms with E-state index in [2.05, 4.69) is 0 Å². The maximum absolute atomic E-state index is 12.7. The first kappa shape index (κ1) is 9.26. The number of halogens is 1. The van der Waals surface area contributed by atoms with Gasteiger partial charge in [-0.3, -0.25) is 0 Å². The van der Waals surface area contributed by atoms with E-state index in [1.165, 1.54) is 17.8 Å². The fourth-order valence-electron chi connectivity index (χ4n) is 0.837. The molecule has 0 amide bonds. The van der Waals surface area contributed by atoms with E-state index in [0.29, 0.717) is 11.3 Å². The SMILES string of the molecule is Cc1cc(SCC=O)ccc1F. The number of carbonyl (C=O) groups excluding carboxylic acids is 1. The quantitative estimate of drug-likeness (QED) is 0.530. The van der Waals surface area contributed by atoms with Gasteiger partial charge < -0.3 is 4.79 Å². The lowest BCUT2D eigenvalue weighted by Gasteiger charge is -1.99. The van der Waals surface area contributed by atoms with Crippen LogP contribution in [0.1, 0.15) is 5.56 Å². The van der Waals surface area contributed by atoms with Crippen molar-refractivity contribution in [2.45, 2.75) is 11.8 Å². The molecule has 1 nitrogen and oxygen atoms in total. The molecule has 12 heavy (non-hydrogen) atoms. The summed E-state index contributed by atoms with van der Waals surface area (Å²) < 4.78 is 12.7. The molecule has 1 rings (SSSR count). The van der Waals surface area contributed by atoms with Crippen molar-refractivity contribution >= 4 is 18.0 Å². The third-order valence-corrected chi connectivity index (χ3v) is 2.34. The van der Waals surface area contributed by atoms with Gasteiger partial charge in [0, 0.05) is 4.90 Å². The summed E-state index contributed by atoms with van der Waals surface area (Å²) in [5.74, 6) is 0.218. The highest BCUT2D eigenvalue weighted by Crippen LogP contribution is 2.19. The van der Waals surface area contributed by atoms with E-state index >= 15 is 0 Å². The Hall–Kier alpha value is -0.830. The number of hydrogen-bond donors (Lipinski definition) is 0. The average Bonchev–Trinajstić information content (AvgIpc) is 2.07. The number of thioether (sulfide) groups is 1. The van der Waals surface area contributed by atoms with E-state index in [4.69, 9.17) is 0 Å². The van der Waals surface area contributed by atoms with E-state index < -0.39 is 0 Å². The van der Waals surface area contributed by atoms with Crippen LogP contribution in [0, 0.1) is 12.7 Å². The minimum atomic E-state index is -0.203. The van der Waals surface area contributed by atoms with Gasteiger partial charge in [0.15, 0.2) is 0 Å². The number of rotatable bonds is 3. The summed E-state index contributed by atoms with van der Waals surface area (Å²) in [6, 6.07) is 4.84. The van der Waals surface area contributed by atoms with E-state index in [1.807, 2.05) is 0 Å². The molecule has 0 aliphatic rings. The zero-order valence-corrected chi connectivity index (χ0v) is 7.53. The van der Waals surface area contributed by atoms with Crippen LogP contribution in [0.25, 0.3) is 0 Å². The van der Waals surface area contributed by atoms with Gasteiger partial charge in [0.25, 0.3) is 0 Å². The molecule has 0 saturated carbocycles. The molecule has 0 aliphatic heterocycles. The van der Waals surface area contributed by atoms with Crippen LogP contribution in [-0.4, -0.2) is 12.0 Å². The molecule has 0 N–H and O–H groups in total. The molecular weight excluding hydrogens is 175 g/mol. The molecule has 0 atom stereocenters. The predicted octanol–water partition coefficient (Wildman–Crippen LogP) is 2.43. The standard InChI is InChI=1S/C9H9FOS/c1-7-6-8(12-5-4-11)2-3-9(7)10/h2-4,6H,5H2,1H3. The molecule has 0 spiro atoms. The van der Waals surface area contributed by atoms with Crippen LogP contribution < -0.4 is 0 Å². The normalized spacial score (nSPS) is 9.83. The fourth-order valence-corrected chi connectivity index (χ4v) is 1.52. The molecule has 1 aromatic carbocycles. The van der Waals surface area contributed by atoms with Crippen LogP contribution in [0.3, 0.4) is 0 Å². The average molecular weight is 184 g/mol. The highest BCUT2D eigenvalue weighted by molar-refractivity contribution is 7.99. The number of hydrogen-bond acceptors (Lipinski definition) is 2. The molecule has 0 fully saturated rings. The van der Waals surface area contributed by atoms with Crippen molar-refractivity contribution < 1.29 is 9.18 Å². The van der Waals surface area contributed by atoms with Crippen LogP contribution in [0.4, 0.5) is 4.39 Å². The Morgan fingerprint density at radius 3 is 2.92 bits per heavy atom. The van der Waals surface area contributed by atoms with Crippen molar-refractivity contribution in [3.05, 3.63) is 29.6 Å². The first-order valence-corrected chi connectivity index (χ1v) is 4.55. The Morgan fingerprint density at radius 2 is 2.33 bits per heavy atom. The lowest BCUT2D eigenvalue weighted by atomic mass is 10.2. The van der Waals surface area contributed by atoms with Crippen LogP contribution in [0.2, 0.25) is 0 Å². The Labute approximate surface area is 75.0 Å². The number of aldehydes is 1. The van der Waals surface area contributed by atoms with Crippen molar-refractivity contribution in [2.75, 3.05) is 5.75 Å². The first-order valence-electron chi connectivity index (χ1n) is 3.56. The van der Waals surface area contributed by atoms with E-state index in [-0.39, 0.29) is 5.82 Å². The largest absolute Gasteiger partial charge is 0.302 e. The zero-order valence-electron chi connectivity index (χ0n) is 6.71. The van der Waals surface area contributed by atoms with Gasteiger partial charge in [-0.25, -0.2) is 4.39 Å². The Morgan fingerprint density at radius 1 is 1.58 bits per heavy atom. The molecule has 0 unspecified atom stereocenters. The van der Waals surface area contributed by atoms with Crippen LogP contribution in [-0.2, 0) is 4.79 Å². The molecule has 3 heteroatoms. The maximum Gasteiger partial charge on any atom is 0.130 e. The summed E-state index contributed by atoms with van der Waals surface area (Å²) in [4.78, 5) is 11.0. The molecule has 0 bridgehead atoms. The summed E-state index contributed by atoms with van der Waals surface area (Å²) in [5, 5.41) is 0. The van der Waals surface area contributed by atoms with Crippen molar-refractivity contribution in [2.24, 2.45) is 0 Å². The topological polar surface area (TPSA) is 17.1 Å². The van der Waals surface area contributed by atoms with E-state index in [9.17, 15) is 9.18 Å². The van der Waals surface area contributed by atoms with Gasteiger partial charge in [-0.2, -0.15) is 0 Å². The minimum absolute atomic E-state index is 0.203. The monoisotopic (exact) mass is 184 g/mol. The number of aryl methyl sites for hydroxylation is 1. The number of carbonyl (C=O) groups is 1. The van der Waals surface area contributed by atoms with Gasteiger partial charge in [-0.05, 0) is 30.7 Å². The second kappa shape index (κ2) is 4.26. The van der Waals surface area contributed by atoms with Crippen molar-refractivity contribution in [3.8, 4) is 0 Å². The van der Waals surface area contributed by atoms with Gasteiger partial charge in [0.2, 0.25) is 0 Å². The third-order valence-electron chi connectivity index (χ3n) is 1.45. The van der Waals surface area contributed by atoms with Gasteiger partial charge in [0.1, 0.15) is 12.1 Å². The molecule has 0 saturated heterocycles. The molecule has 0 radical (unpaired) electrons. The lowest BCUT2D eigenvalue weighted by molar-refractivity contribution is -0.105. The lowest BCUT2D eigenvalue weighted by Crippen LogP contribution is -1.84. The van der Waals surface area contributed by atoms with Gasteiger partial charge in [0.05, 0.1) is 5.75 Å². The highest BCUT2D eigenvalue weighted by Gasteiger charge is 1.98. The second-order valence-electron chi connectivity index (χ2n) is 2.39. The first-order chi connectivity index (χ1) is 5.74. The zero-order chi connectivity index (χ0) is 8.97. The summed E-state index contributed by atoms with van der Waals surface area (Å²) in [6.07, 6.45) is 0.837. The summed E-state index contributed by atoms with van der Waals surface area (Å²) in [6.45, 7) is 1.71. The highest BCUT2D eigenvalue weighted by atomic mass is 32.2. The van der Waals surface area contributed by atoms with Crippen LogP contribution in [0.5, 0.6) is 0 Å². The van der Waals surface area contributed by atoms with Crippen molar-refractivity contribution in [3.63, 3.8) is 0 Å². The van der Waals surface area contributed by atoms with Crippen molar-refractivity contribution in [1.82, 2.24) is 0 Å². The Bertz CT molecular complexity index is 286. The van der Waals surface area contributed by atoms with Crippen molar-refractivity contribution in [1.29, 1.82) is 0 Å². The molecule has 0 heterocycles. The number of benzene rings is 1.